The molecule has 3 rings (SSSR count). The zero-order valence-corrected chi connectivity index (χ0v) is 17.3. The number of amides is 1. The van der Waals surface area contributed by atoms with Crippen LogP contribution in [0.3, 0.4) is 0 Å². The summed E-state index contributed by atoms with van der Waals surface area (Å²) < 4.78 is 26.3. The van der Waals surface area contributed by atoms with Gasteiger partial charge in [-0.3, -0.25) is 14.3 Å². The molecule has 7 nitrogen and oxygen atoms in total. The quantitative estimate of drug-likeness (QED) is 0.755. The molecule has 0 saturated carbocycles. The molecule has 0 aliphatic carbocycles. The average Bonchev–Trinajstić information content (AvgIpc) is 2.69. The van der Waals surface area contributed by atoms with Crippen LogP contribution in [0.2, 0.25) is 0 Å². The van der Waals surface area contributed by atoms with Crippen molar-refractivity contribution in [3.63, 3.8) is 0 Å². The minimum Gasteiger partial charge on any atom is -0.371 e. The van der Waals surface area contributed by atoms with Crippen molar-refractivity contribution in [1.82, 2.24) is 0 Å². The number of carbonyl (C=O) groups excluding carboxylic acids is 2. The Hall–Kier alpha value is -2.87. The summed E-state index contributed by atoms with van der Waals surface area (Å²) in [4.78, 5) is 26.0. The van der Waals surface area contributed by atoms with E-state index in [0.717, 1.165) is 18.8 Å². The van der Waals surface area contributed by atoms with Crippen molar-refractivity contribution in [3.05, 3.63) is 54.1 Å². The Labute approximate surface area is 171 Å². The van der Waals surface area contributed by atoms with Crippen molar-refractivity contribution < 1.29 is 18.0 Å². The third kappa shape index (κ3) is 5.35. The third-order valence-electron chi connectivity index (χ3n) is 4.84. The summed E-state index contributed by atoms with van der Waals surface area (Å²) in [5.74, 6) is 0.0211. The van der Waals surface area contributed by atoms with Crippen molar-refractivity contribution in [1.29, 1.82) is 0 Å². The van der Waals surface area contributed by atoms with Crippen LogP contribution in [-0.2, 0) is 14.8 Å². The van der Waals surface area contributed by atoms with Crippen LogP contribution in [0.1, 0.15) is 37.0 Å². The predicted octanol–water partition coefficient (Wildman–Crippen LogP) is 3.26. The van der Waals surface area contributed by atoms with Crippen molar-refractivity contribution in [2.75, 3.05) is 28.0 Å². The lowest BCUT2D eigenvalue weighted by Crippen LogP contribution is -2.33. The van der Waals surface area contributed by atoms with Crippen LogP contribution in [0.25, 0.3) is 0 Å². The van der Waals surface area contributed by atoms with E-state index in [0.29, 0.717) is 35.6 Å². The normalized spacial score (nSPS) is 14.7. The van der Waals surface area contributed by atoms with Gasteiger partial charge in [0, 0.05) is 48.6 Å². The molecule has 0 atom stereocenters. The first-order valence-electron chi connectivity index (χ1n) is 9.54. The molecule has 1 aliphatic rings. The number of nitrogens with one attached hydrogen (secondary N) is 2. The molecule has 1 fully saturated rings. The zero-order valence-electron chi connectivity index (χ0n) is 16.5. The summed E-state index contributed by atoms with van der Waals surface area (Å²) in [6.45, 7) is 4.63. The Morgan fingerprint density at radius 3 is 2.03 bits per heavy atom. The summed E-state index contributed by atoms with van der Waals surface area (Å²) >= 11 is 0. The molecule has 1 heterocycles. The first-order valence-corrected chi connectivity index (χ1v) is 11.1. The molecule has 1 aliphatic heterocycles. The first kappa shape index (κ1) is 20.9. The summed E-state index contributed by atoms with van der Waals surface area (Å²) in [5, 5.41) is 2.29. The lowest BCUT2D eigenvalue weighted by Gasteiger charge is -2.28. The monoisotopic (exact) mass is 415 g/mol. The highest BCUT2D eigenvalue weighted by Gasteiger charge is 2.17. The van der Waals surface area contributed by atoms with Crippen LogP contribution in [-0.4, -0.2) is 38.4 Å². The molecular formula is C21H25N3O4S. The number of hydrogen-bond acceptors (Lipinski definition) is 5. The average molecular weight is 416 g/mol. The van der Waals surface area contributed by atoms with E-state index in [4.69, 9.17) is 0 Å². The fourth-order valence-electron chi connectivity index (χ4n) is 2.94. The molecule has 0 radical (unpaired) electrons. The minimum atomic E-state index is -3.42. The molecule has 1 amide bonds. The van der Waals surface area contributed by atoms with Gasteiger partial charge in [-0.2, -0.15) is 0 Å². The van der Waals surface area contributed by atoms with Crippen LogP contribution in [0.15, 0.2) is 48.5 Å². The molecule has 0 bridgehead atoms. The van der Waals surface area contributed by atoms with E-state index in [1.54, 1.807) is 38.1 Å². The van der Waals surface area contributed by atoms with Gasteiger partial charge in [-0.05, 0) is 62.4 Å². The molecule has 29 heavy (non-hydrogen) atoms. The fourth-order valence-corrected chi connectivity index (χ4v) is 3.65. The highest BCUT2D eigenvalue weighted by atomic mass is 32.2. The van der Waals surface area contributed by atoms with E-state index in [1.165, 1.54) is 0 Å². The van der Waals surface area contributed by atoms with Gasteiger partial charge in [-0.15, -0.1) is 0 Å². The lowest BCUT2D eigenvalue weighted by molar-refractivity contribution is -0.119. The maximum absolute atomic E-state index is 12.4. The highest BCUT2D eigenvalue weighted by Crippen LogP contribution is 2.21. The van der Waals surface area contributed by atoms with E-state index in [9.17, 15) is 18.0 Å². The Morgan fingerprint density at radius 1 is 0.931 bits per heavy atom. The molecule has 2 N–H and O–H groups in total. The van der Waals surface area contributed by atoms with Gasteiger partial charge >= 0.3 is 0 Å². The van der Waals surface area contributed by atoms with Gasteiger partial charge in [0.1, 0.15) is 5.78 Å². The Bertz CT molecular complexity index is 974. The number of piperidine rings is 1. The molecule has 0 spiro atoms. The number of ketones is 1. The Balaban J connectivity index is 1.60. The molecule has 8 heteroatoms. The van der Waals surface area contributed by atoms with Crippen LogP contribution in [0, 0.1) is 0 Å². The smallest absolute Gasteiger partial charge is 0.255 e. The first-order chi connectivity index (χ1) is 13.7. The molecule has 2 aromatic carbocycles. The number of carbonyl (C=O) groups is 2. The van der Waals surface area contributed by atoms with Gasteiger partial charge in [0.2, 0.25) is 10.0 Å². The fraction of sp³-hybridized carbons (Fsp3) is 0.333. The molecule has 0 unspecified atom stereocenters. The topological polar surface area (TPSA) is 95.6 Å². The van der Waals surface area contributed by atoms with Crippen LogP contribution in [0.5, 0.6) is 0 Å². The largest absolute Gasteiger partial charge is 0.371 e. The lowest BCUT2D eigenvalue weighted by atomic mass is 10.1. The summed E-state index contributed by atoms with van der Waals surface area (Å²) in [7, 11) is -3.42. The maximum Gasteiger partial charge on any atom is 0.255 e. The molecule has 154 valence electrons. The number of anilines is 3. The second-order valence-electron chi connectivity index (χ2n) is 7.30. The standard InChI is InChI=1S/C21H25N3O4S/c1-15(2)29(27,28)23-18-5-3-16(4-6-18)21(26)22-17-7-9-19(10-8-17)24-13-11-20(25)12-14-24/h3-10,15,23H,11-14H2,1-2H3,(H,22,26). The van der Waals surface area contributed by atoms with E-state index < -0.39 is 15.3 Å². The van der Waals surface area contributed by atoms with Gasteiger partial charge in [-0.25, -0.2) is 8.42 Å². The molecule has 0 aromatic heterocycles. The summed E-state index contributed by atoms with van der Waals surface area (Å²) in [6.07, 6.45) is 1.14. The number of Topliss-reactive ketones (excluding diaryl/α,β-unsaturated/α-hetero) is 1. The van der Waals surface area contributed by atoms with Gasteiger partial charge < -0.3 is 10.2 Å². The minimum absolute atomic E-state index is 0.278. The van der Waals surface area contributed by atoms with E-state index in [1.807, 2.05) is 24.3 Å². The van der Waals surface area contributed by atoms with Gasteiger partial charge in [0.15, 0.2) is 0 Å². The zero-order chi connectivity index (χ0) is 21.0. The number of benzene rings is 2. The van der Waals surface area contributed by atoms with Gasteiger partial charge in [0.25, 0.3) is 5.91 Å². The SMILES string of the molecule is CC(C)S(=O)(=O)Nc1ccc(C(=O)Nc2ccc(N3CCC(=O)CC3)cc2)cc1. The Morgan fingerprint density at radius 2 is 1.48 bits per heavy atom. The molecular weight excluding hydrogens is 390 g/mol. The number of nitrogens with zero attached hydrogens (tertiary/aromatic N) is 1. The van der Waals surface area contributed by atoms with Crippen molar-refractivity contribution in [2.45, 2.75) is 31.9 Å². The van der Waals surface area contributed by atoms with Crippen LogP contribution < -0.4 is 14.9 Å². The van der Waals surface area contributed by atoms with E-state index in [2.05, 4.69) is 14.9 Å². The number of rotatable bonds is 6. The van der Waals surface area contributed by atoms with E-state index in [-0.39, 0.29) is 5.91 Å². The van der Waals surface area contributed by atoms with Crippen LogP contribution >= 0.6 is 0 Å². The molecule has 1 saturated heterocycles. The number of hydrogen-bond donors (Lipinski definition) is 2. The predicted molar refractivity (Wildman–Crippen MR) is 115 cm³/mol. The second kappa shape index (κ2) is 8.65. The van der Waals surface area contributed by atoms with E-state index >= 15 is 0 Å². The maximum atomic E-state index is 12.4. The number of sulfonamides is 1. The van der Waals surface area contributed by atoms with Crippen LogP contribution in [0.4, 0.5) is 17.1 Å². The van der Waals surface area contributed by atoms with Gasteiger partial charge in [-0.1, -0.05) is 0 Å². The highest BCUT2D eigenvalue weighted by molar-refractivity contribution is 7.93. The van der Waals surface area contributed by atoms with Gasteiger partial charge in [0.05, 0.1) is 5.25 Å². The summed E-state index contributed by atoms with van der Waals surface area (Å²) in [6, 6.07) is 13.8. The second-order valence-corrected chi connectivity index (χ2v) is 9.54. The molecule has 2 aromatic rings. The Kier molecular flexibility index (Phi) is 6.22. The van der Waals surface area contributed by atoms with Crippen molar-refractivity contribution in [2.24, 2.45) is 0 Å². The summed E-state index contributed by atoms with van der Waals surface area (Å²) in [5.41, 5.74) is 2.53. The van der Waals surface area contributed by atoms with Crippen molar-refractivity contribution >= 4 is 38.8 Å². The van der Waals surface area contributed by atoms with Crippen molar-refractivity contribution in [3.8, 4) is 0 Å². The third-order valence-corrected chi connectivity index (χ3v) is 6.60.